The van der Waals surface area contributed by atoms with E-state index in [2.05, 4.69) is 21.2 Å². The van der Waals surface area contributed by atoms with Crippen molar-refractivity contribution in [3.05, 3.63) is 39.9 Å². The van der Waals surface area contributed by atoms with Crippen molar-refractivity contribution in [2.45, 2.75) is 45.8 Å². The van der Waals surface area contributed by atoms with Crippen molar-refractivity contribution < 1.29 is 19.4 Å². The first-order chi connectivity index (χ1) is 10.6. The average Bonchev–Trinajstić information content (AvgIpc) is 2.38. The van der Waals surface area contributed by atoms with E-state index in [1.54, 1.807) is 20.8 Å². The van der Waals surface area contributed by atoms with E-state index in [1.807, 2.05) is 37.3 Å². The number of nitrogens with one attached hydrogen (secondary N) is 1. The molecule has 1 atom stereocenters. The Morgan fingerprint density at radius 2 is 2.04 bits per heavy atom. The molecule has 1 amide bonds. The highest BCUT2D eigenvalue weighted by atomic mass is 79.9. The molecule has 0 fully saturated rings. The zero-order valence-corrected chi connectivity index (χ0v) is 15.3. The van der Waals surface area contributed by atoms with Gasteiger partial charge in [-0.3, -0.25) is 0 Å². The molecule has 1 rings (SSSR count). The highest BCUT2D eigenvalue weighted by Crippen LogP contribution is 2.20. The molecule has 0 heterocycles. The molecule has 1 aromatic rings. The van der Waals surface area contributed by atoms with Crippen LogP contribution in [0.3, 0.4) is 0 Å². The monoisotopic (exact) mass is 383 g/mol. The lowest BCUT2D eigenvalue weighted by atomic mass is 10.00. The summed E-state index contributed by atoms with van der Waals surface area (Å²) in [6.07, 6.45) is 3.20. The van der Waals surface area contributed by atoms with Crippen LogP contribution in [-0.4, -0.2) is 28.8 Å². The standard InChI is InChI=1S/C17H22BrNO4/c1-5-6-11-9-13(18)8-7-12(11)10-14(15(20)21)19-16(22)23-17(2,3)4/h5-9,14H,10H2,1-4H3,(H,19,22)(H,20,21)/t14-/m0/s1. The fraction of sp³-hybridized carbons (Fsp3) is 0.412. The van der Waals surface area contributed by atoms with Gasteiger partial charge in [-0.2, -0.15) is 0 Å². The molecule has 6 heteroatoms. The van der Waals surface area contributed by atoms with Crippen molar-refractivity contribution in [2.75, 3.05) is 0 Å². The van der Waals surface area contributed by atoms with Gasteiger partial charge < -0.3 is 15.2 Å². The van der Waals surface area contributed by atoms with Gasteiger partial charge in [0, 0.05) is 10.9 Å². The second-order valence-corrected chi connectivity index (χ2v) is 7.00. The van der Waals surface area contributed by atoms with Gasteiger partial charge in [-0.15, -0.1) is 0 Å². The predicted octanol–water partition coefficient (Wildman–Crippen LogP) is 4.00. The second-order valence-electron chi connectivity index (χ2n) is 6.08. The molecule has 0 aliphatic carbocycles. The maximum atomic E-state index is 11.8. The SMILES string of the molecule is CC=Cc1cc(Br)ccc1C[C@H](NC(=O)OC(C)(C)C)C(=O)O. The summed E-state index contributed by atoms with van der Waals surface area (Å²) >= 11 is 3.39. The van der Waals surface area contributed by atoms with Gasteiger partial charge in [0.15, 0.2) is 0 Å². The third-order valence-corrected chi connectivity index (χ3v) is 3.36. The van der Waals surface area contributed by atoms with E-state index in [-0.39, 0.29) is 6.42 Å². The van der Waals surface area contributed by atoms with Crippen molar-refractivity contribution >= 4 is 34.1 Å². The van der Waals surface area contributed by atoms with Gasteiger partial charge >= 0.3 is 12.1 Å². The van der Waals surface area contributed by atoms with Crippen LogP contribution >= 0.6 is 15.9 Å². The smallest absolute Gasteiger partial charge is 0.408 e. The number of aliphatic carboxylic acids is 1. The van der Waals surface area contributed by atoms with Crippen molar-refractivity contribution in [3.8, 4) is 0 Å². The Labute approximate surface area is 144 Å². The quantitative estimate of drug-likeness (QED) is 0.805. The van der Waals surface area contributed by atoms with Crippen molar-refractivity contribution in [1.82, 2.24) is 5.32 Å². The van der Waals surface area contributed by atoms with Crippen LogP contribution in [0.4, 0.5) is 4.79 Å². The van der Waals surface area contributed by atoms with Crippen LogP contribution in [0.25, 0.3) is 6.08 Å². The number of halogens is 1. The van der Waals surface area contributed by atoms with Crippen molar-refractivity contribution in [3.63, 3.8) is 0 Å². The summed E-state index contributed by atoms with van der Waals surface area (Å²) in [5.74, 6) is -1.11. The molecule has 5 nitrogen and oxygen atoms in total. The molecule has 23 heavy (non-hydrogen) atoms. The normalized spacial score (nSPS) is 12.9. The Kier molecular flexibility index (Phi) is 6.81. The molecule has 0 saturated heterocycles. The minimum Gasteiger partial charge on any atom is -0.480 e. The fourth-order valence-corrected chi connectivity index (χ4v) is 2.33. The number of rotatable bonds is 5. The van der Waals surface area contributed by atoms with Gasteiger partial charge in [-0.05, 0) is 51.0 Å². The maximum Gasteiger partial charge on any atom is 0.408 e. The number of benzene rings is 1. The number of ether oxygens (including phenoxy) is 1. The molecule has 0 aliphatic heterocycles. The van der Waals surface area contributed by atoms with E-state index in [0.717, 1.165) is 15.6 Å². The van der Waals surface area contributed by atoms with Crippen LogP contribution in [0.1, 0.15) is 38.8 Å². The number of carbonyl (C=O) groups is 2. The molecule has 0 spiro atoms. The van der Waals surface area contributed by atoms with Crippen molar-refractivity contribution in [2.24, 2.45) is 0 Å². The summed E-state index contributed by atoms with van der Waals surface area (Å²) < 4.78 is 6.02. The molecule has 0 bridgehead atoms. The lowest BCUT2D eigenvalue weighted by Gasteiger charge is -2.22. The predicted molar refractivity (Wildman–Crippen MR) is 93.3 cm³/mol. The van der Waals surface area contributed by atoms with Gasteiger partial charge in [0.2, 0.25) is 0 Å². The van der Waals surface area contributed by atoms with Gasteiger partial charge in [0.1, 0.15) is 11.6 Å². The highest BCUT2D eigenvalue weighted by Gasteiger charge is 2.24. The number of amides is 1. The number of carboxylic acids is 1. The van der Waals surface area contributed by atoms with Crippen LogP contribution in [0, 0.1) is 0 Å². The lowest BCUT2D eigenvalue weighted by Crippen LogP contribution is -2.44. The van der Waals surface area contributed by atoms with Gasteiger partial charge in [-0.25, -0.2) is 9.59 Å². The van der Waals surface area contributed by atoms with Crippen LogP contribution in [0.2, 0.25) is 0 Å². The van der Waals surface area contributed by atoms with Crippen LogP contribution in [0.5, 0.6) is 0 Å². The van der Waals surface area contributed by atoms with E-state index >= 15 is 0 Å². The topological polar surface area (TPSA) is 75.6 Å². The van der Waals surface area contributed by atoms with Gasteiger partial charge in [0.05, 0.1) is 0 Å². The Morgan fingerprint density at radius 1 is 1.39 bits per heavy atom. The minimum absolute atomic E-state index is 0.168. The zero-order valence-electron chi connectivity index (χ0n) is 13.7. The van der Waals surface area contributed by atoms with Crippen molar-refractivity contribution in [1.29, 1.82) is 0 Å². The summed E-state index contributed by atoms with van der Waals surface area (Å²) in [6.45, 7) is 7.06. The number of allylic oxidation sites excluding steroid dienone is 1. The molecule has 2 N–H and O–H groups in total. The zero-order chi connectivity index (χ0) is 17.6. The first-order valence-corrected chi connectivity index (χ1v) is 8.05. The molecule has 0 aliphatic rings. The molecule has 0 aromatic heterocycles. The first-order valence-electron chi connectivity index (χ1n) is 7.26. The summed E-state index contributed by atoms with van der Waals surface area (Å²) in [4.78, 5) is 23.3. The number of carboxylic acid groups (broad SMARTS) is 1. The maximum absolute atomic E-state index is 11.8. The van der Waals surface area contributed by atoms with Crippen LogP contribution in [-0.2, 0) is 16.0 Å². The molecule has 126 valence electrons. The van der Waals surface area contributed by atoms with Crippen LogP contribution < -0.4 is 5.32 Å². The van der Waals surface area contributed by atoms with E-state index in [0.29, 0.717) is 0 Å². The molecule has 0 saturated carbocycles. The van der Waals surface area contributed by atoms with Gasteiger partial charge in [-0.1, -0.05) is 34.1 Å². The molecule has 1 aromatic carbocycles. The number of alkyl carbamates (subject to hydrolysis) is 1. The minimum atomic E-state index is -1.11. The Hall–Kier alpha value is -1.82. The summed E-state index contributed by atoms with van der Waals surface area (Å²) in [5, 5.41) is 11.8. The Morgan fingerprint density at radius 3 is 2.57 bits per heavy atom. The van der Waals surface area contributed by atoms with Gasteiger partial charge in [0.25, 0.3) is 0 Å². The second kappa shape index (κ2) is 8.15. The number of hydrogen-bond donors (Lipinski definition) is 2. The van der Waals surface area contributed by atoms with Crippen LogP contribution in [0.15, 0.2) is 28.7 Å². The number of hydrogen-bond acceptors (Lipinski definition) is 3. The first kappa shape index (κ1) is 19.2. The summed E-state index contributed by atoms with van der Waals surface area (Å²) in [7, 11) is 0. The highest BCUT2D eigenvalue weighted by molar-refractivity contribution is 9.10. The fourth-order valence-electron chi connectivity index (χ4n) is 1.96. The lowest BCUT2D eigenvalue weighted by molar-refractivity contribution is -0.139. The summed E-state index contributed by atoms with van der Waals surface area (Å²) in [5.41, 5.74) is 1.05. The third kappa shape index (κ3) is 6.86. The summed E-state index contributed by atoms with van der Waals surface area (Å²) in [6, 6.07) is 4.53. The molecule has 0 radical (unpaired) electrons. The van der Waals surface area contributed by atoms with E-state index in [1.165, 1.54) is 0 Å². The Bertz CT molecular complexity index is 605. The molecular weight excluding hydrogens is 362 g/mol. The largest absolute Gasteiger partial charge is 0.480 e. The van der Waals surface area contributed by atoms with E-state index in [9.17, 15) is 14.7 Å². The average molecular weight is 384 g/mol. The van der Waals surface area contributed by atoms with E-state index in [4.69, 9.17) is 4.74 Å². The molecule has 0 unspecified atom stereocenters. The Balaban J connectivity index is 2.93. The number of carbonyl (C=O) groups excluding carboxylic acids is 1. The molecular formula is C17H22BrNO4. The third-order valence-electron chi connectivity index (χ3n) is 2.87. The van der Waals surface area contributed by atoms with E-state index < -0.39 is 23.7 Å².